The summed E-state index contributed by atoms with van der Waals surface area (Å²) in [5.41, 5.74) is 6.65. The van der Waals surface area contributed by atoms with Crippen molar-refractivity contribution in [3.05, 3.63) is 41.5 Å². The number of hydrogen-bond donors (Lipinski definition) is 1. The summed E-state index contributed by atoms with van der Waals surface area (Å²) < 4.78 is 0. The maximum atomic E-state index is 5.67. The molecule has 0 spiro atoms. The third-order valence-electron chi connectivity index (χ3n) is 3.92. The van der Waals surface area contributed by atoms with Gasteiger partial charge in [0.1, 0.15) is 6.10 Å². The molecule has 102 valence electrons. The average Bonchev–Trinajstić information content (AvgIpc) is 2.89. The Kier molecular flexibility index (Phi) is 3.85. The number of hydrogen-bond acceptors (Lipinski definition) is 3. The van der Waals surface area contributed by atoms with Crippen LogP contribution in [0.2, 0.25) is 0 Å². The van der Waals surface area contributed by atoms with Crippen molar-refractivity contribution in [2.45, 2.75) is 32.3 Å². The van der Waals surface area contributed by atoms with E-state index in [0.717, 1.165) is 12.2 Å². The molecule has 0 radical (unpaired) electrons. The minimum atomic E-state index is 0.175. The standard InChI is InChI=1S/C16H22N2O/c1-13-5-7-14(8-6-13)16-11-15(19-17-16)12-18-9-3-2-4-10-18/h5-8,11,15,17H,2-4,9-10,12H2,1H3. The molecule has 0 aliphatic carbocycles. The topological polar surface area (TPSA) is 24.5 Å². The lowest BCUT2D eigenvalue weighted by Crippen LogP contribution is -2.36. The van der Waals surface area contributed by atoms with E-state index in [2.05, 4.69) is 47.6 Å². The number of benzene rings is 1. The molecule has 1 aromatic carbocycles. The highest BCUT2D eigenvalue weighted by Gasteiger charge is 2.21. The predicted octanol–water partition coefficient (Wildman–Crippen LogP) is 2.73. The Morgan fingerprint density at radius 2 is 1.89 bits per heavy atom. The maximum Gasteiger partial charge on any atom is 0.118 e. The van der Waals surface area contributed by atoms with Gasteiger partial charge in [0, 0.05) is 6.54 Å². The van der Waals surface area contributed by atoms with Crippen molar-refractivity contribution in [2.75, 3.05) is 19.6 Å². The van der Waals surface area contributed by atoms with Crippen LogP contribution >= 0.6 is 0 Å². The zero-order valence-corrected chi connectivity index (χ0v) is 11.6. The fourth-order valence-corrected chi connectivity index (χ4v) is 2.77. The second-order valence-electron chi connectivity index (χ2n) is 5.57. The highest BCUT2D eigenvalue weighted by Crippen LogP contribution is 2.20. The summed E-state index contributed by atoms with van der Waals surface area (Å²) in [6.07, 6.45) is 6.42. The molecule has 0 aromatic heterocycles. The molecule has 0 bridgehead atoms. The Morgan fingerprint density at radius 3 is 2.63 bits per heavy atom. The third-order valence-corrected chi connectivity index (χ3v) is 3.92. The Morgan fingerprint density at radius 1 is 1.16 bits per heavy atom. The molecule has 2 aliphatic rings. The van der Waals surface area contributed by atoms with Crippen molar-refractivity contribution in [1.82, 2.24) is 10.4 Å². The molecule has 3 heteroatoms. The van der Waals surface area contributed by atoms with Crippen LogP contribution in [0.3, 0.4) is 0 Å². The first kappa shape index (κ1) is 12.7. The van der Waals surface area contributed by atoms with E-state index in [1.165, 1.54) is 43.5 Å². The Hall–Kier alpha value is -1.32. The summed E-state index contributed by atoms with van der Waals surface area (Å²) in [6.45, 7) is 5.54. The first-order chi connectivity index (χ1) is 9.31. The van der Waals surface area contributed by atoms with Crippen LogP contribution in [0.15, 0.2) is 30.3 Å². The molecule has 1 N–H and O–H groups in total. The monoisotopic (exact) mass is 258 g/mol. The first-order valence-electron chi connectivity index (χ1n) is 7.24. The molecule has 3 nitrogen and oxygen atoms in total. The smallest absolute Gasteiger partial charge is 0.118 e. The lowest BCUT2D eigenvalue weighted by Gasteiger charge is -2.27. The minimum Gasteiger partial charge on any atom is -0.300 e. The number of nitrogens with zero attached hydrogens (tertiary/aromatic N) is 1. The van der Waals surface area contributed by atoms with Gasteiger partial charge in [-0.05, 0) is 44.5 Å². The van der Waals surface area contributed by atoms with E-state index in [0.29, 0.717) is 0 Å². The number of rotatable bonds is 3. The van der Waals surface area contributed by atoms with Gasteiger partial charge in [-0.25, -0.2) is 0 Å². The lowest BCUT2D eigenvalue weighted by molar-refractivity contribution is 0.0247. The highest BCUT2D eigenvalue weighted by molar-refractivity contribution is 5.65. The van der Waals surface area contributed by atoms with Crippen molar-refractivity contribution in [3.8, 4) is 0 Å². The van der Waals surface area contributed by atoms with Crippen LogP contribution in [-0.2, 0) is 4.84 Å². The van der Waals surface area contributed by atoms with Crippen molar-refractivity contribution in [3.63, 3.8) is 0 Å². The summed E-state index contributed by atoms with van der Waals surface area (Å²) in [7, 11) is 0. The van der Waals surface area contributed by atoms with Gasteiger partial charge in [0.2, 0.25) is 0 Å². The number of hydroxylamine groups is 1. The molecule has 19 heavy (non-hydrogen) atoms. The maximum absolute atomic E-state index is 5.67. The van der Waals surface area contributed by atoms with Gasteiger partial charge in [-0.1, -0.05) is 36.2 Å². The normalized spacial score (nSPS) is 24.1. The van der Waals surface area contributed by atoms with Gasteiger partial charge in [0.25, 0.3) is 0 Å². The molecule has 2 aliphatic heterocycles. The molecule has 1 atom stereocenters. The second-order valence-corrected chi connectivity index (χ2v) is 5.57. The average molecular weight is 258 g/mol. The molecule has 0 saturated carbocycles. The summed E-state index contributed by atoms with van der Waals surface area (Å²) in [6, 6.07) is 8.55. The van der Waals surface area contributed by atoms with Gasteiger partial charge in [-0.2, -0.15) is 0 Å². The lowest BCUT2D eigenvalue weighted by atomic mass is 10.1. The molecule has 1 aromatic rings. The van der Waals surface area contributed by atoms with Gasteiger partial charge in [-0.15, -0.1) is 0 Å². The summed E-state index contributed by atoms with van der Waals surface area (Å²) in [5.74, 6) is 0. The van der Waals surface area contributed by atoms with E-state index < -0.39 is 0 Å². The number of aryl methyl sites for hydroxylation is 1. The van der Waals surface area contributed by atoms with E-state index in [-0.39, 0.29) is 6.10 Å². The SMILES string of the molecule is Cc1ccc(C2=CC(CN3CCCCC3)ON2)cc1. The van der Waals surface area contributed by atoms with Gasteiger partial charge >= 0.3 is 0 Å². The molecule has 2 heterocycles. The fraction of sp³-hybridized carbons (Fsp3) is 0.500. The molecular formula is C16H22N2O. The van der Waals surface area contributed by atoms with Gasteiger partial charge in [0.15, 0.2) is 0 Å². The highest BCUT2D eigenvalue weighted by atomic mass is 16.7. The van der Waals surface area contributed by atoms with Crippen LogP contribution in [0.5, 0.6) is 0 Å². The molecular weight excluding hydrogens is 236 g/mol. The molecule has 3 rings (SSSR count). The van der Waals surface area contributed by atoms with E-state index in [1.54, 1.807) is 0 Å². The van der Waals surface area contributed by atoms with Crippen molar-refractivity contribution < 1.29 is 4.84 Å². The van der Waals surface area contributed by atoms with Crippen molar-refractivity contribution in [2.24, 2.45) is 0 Å². The molecule has 1 fully saturated rings. The van der Waals surface area contributed by atoms with E-state index in [1.807, 2.05) is 0 Å². The Balaban J connectivity index is 1.62. The van der Waals surface area contributed by atoms with E-state index >= 15 is 0 Å². The number of nitrogens with one attached hydrogen (secondary N) is 1. The third kappa shape index (κ3) is 3.17. The number of piperidine rings is 1. The van der Waals surface area contributed by atoms with Crippen LogP contribution in [0, 0.1) is 6.92 Å². The van der Waals surface area contributed by atoms with Crippen molar-refractivity contribution >= 4 is 5.70 Å². The van der Waals surface area contributed by atoms with E-state index in [9.17, 15) is 0 Å². The second kappa shape index (κ2) is 5.76. The summed E-state index contributed by atoms with van der Waals surface area (Å²) >= 11 is 0. The van der Waals surface area contributed by atoms with Crippen molar-refractivity contribution in [1.29, 1.82) is 0 Å². The van der Waals surface area contributed by atoms with Crippen LogP contribution < -0.4 is 5.48 Å². The molecule has 1 saturated heterocycles. The van der Waals surface area contributed by atoms with Crippen LogP contribution in [0.4, 0.5) is 0 Å². The van der Waals surface area contributed by atoms with Crippen LogP contribution in [0.1, 0.15) is 30.4 Å². The largest absolute Gasteiger partial charge is 0.300 e. The molecule has 0 amide bonds. The zero-order valence-electron chi connectivity index (χ0n) is 11.6. The predicted molar refractivity (Wildman–Crippen MR) is 77.5 cm³/mol. The van der Waals surface area contributed by atoms with Gasteiger partial charge in [0.05, 0.1) is 5.70 Å². The molecule has 1 unspecified atom stereocenters. The van der Waals surface area contributed by atoms with Gasteiger partial charge in [-0.3, -0.25) is 10.3 Å². The zero-order chi connectivity index (χ0) is 13.1. The Bertz CT molecular complexity index is 446. The van der Waals surface area contributed by atoms with Crippen LogP contribution in [-0.4, -0.2) is 30.6 Å². The first-order valence-corrected chi connectivity index (χ1v) is 7.24. The number of likely N-dealkylation sites (tertiary alicyclic amines) is 1. The van der Waals surface area contributed by atoms with Gasteiger partial charge < -0.3 is 4.90 Å². The van der Waals surface area contributed by atoms with Crippen LogP contribution in [0.25, 0.3) is 5.70 Å². The fourth-order valence-electron chi connectivity index (χ4n) is 2.77. The summed E-state index contributed by atoms with van der Waals surface area (Å²) in [4.78, 5) is 8.17. The van der Waals surface area contributed by atoms with E-state index in [4.69, 9.17) is 4.84 Å². The summed E-state index contributed by atoms with van der Waals surface area (Å²) in [5, 5.41) is 0. The Labute approximate surface area is 115 Å². The minimum absolute atomic E-state index is 0.175. The quantitative estimate of drug-likeness (QED) is 0.902.